The van der Waals surface area contributed by atoms with Crippen molar-refractivity contribution >= 4 is 29.2 Å². The Bertz CT molecular complexity index is 1050. The van der Waals surface area contributed by atoms with Gasteiger partial charge in [0, 0.05) is 13.1 Å². The molecule has 0 aliphatic carbocycles. The van der Waals surface area contributed by atoms with Crippen molar-refractivity contribution in [1.82, 2.24) is 19.5 Å². The minimum atomic E-state index is -0.270. The molecule has 1 aliphatic heterocycles. The molecular formula is C17H17N5O2S. The number of nitrogens with one attached hydrogen (secondary N) is 1. The number of hydrogen-bond acceptors (Lipinski definition) is 6. The third kappa shape index (κ3) is 2.68. The predicted octanol–water partition coefficient (Wildman–Crippen LogP) is 2.45. The van der Waals surface area contributed by atoms with Gasteiger partial charge in [-0.25, -0.2) is 4.98 Å². The Balaban J connectivity index is 1.91. The largest absolute Gasteiger partial charge is 0.495 e. The van der Waals surface area contributed by atoms with Gasteiger partial charge in [0.2, 0.25) is 5.95 Å². The SMILES string of the molecule is COc1ccccc1-n1cnc2nc(N3CCCC3)[nH]c(=O)c2c1=S. The Morgan fingerprint density at radius 1 is 1.24 bits per heavy atom. The summed E-state index contributed by atoms with van der Waals surface area (Å²) in [4.78, 5) is 26.4. The maximum atomic E-state index is 12.6. The second-order valence-electron chi connectivity index (χ2n) is 5.87. The lowest BCUT2D eigenvalue weighted by Crippen LogP contribution is -2.24. The Labute approximate surface area is 148 Å². The number of nitrogens with zero attached hydrogens (tertiary/aromatic N) is 4. The van der Waals surface area contributed by atoms with Crippen molar-refractivity contribution in [3.05, 3.63) is 45.6 Å². The van der Waals surface area contributed by atoms with Gasteiger partial charge in [-0.3, -0.25) is 14.3 Å². The lowest BCUT2D eigenvalue weighted by Gasteiger charge is -2.16. The molecule has 0 atom stereocenters. The van der Waals surface area contributed by atoms with Crippen LogP contribution in [0.25, 0.3) is 16.7 Å². The normalized spacial score (nSPS) is 14.2. The summed E-state index contributed by atoms with van der Waals surface area (Å²) in [5, 5.41) is 0.311. The van der Waals surface area contributed by atoms with Gasteiger partial charge < -0.3 is 9.64 Å². The maximum Gasteiger partial charge on any atom is 0.264 e. The quantitative estimate of drug-likeness (QED) is 0.728. The van der Waals surface area contributed by atoms with E-state index in [1.807, 2.05) is 24.3 Å². The van der Waals surface area contributed by atoms with E-state index in [4.69, 9.17) is 17.0 Å². The summed E-state index contributed by atoms with van der Waals surface area (Å²) in [5.41, 5.74) is 0.822. The van der Waals surface area contributed by atoms with Crippen molar-refractivity contribution in [3.8, 4) is 11.4 Å². The van der Waals surface area contributed by atoms with Crippen LogP contribution in [0.1, 0.15) is 12.8 Å². The number of fused-ring (bicyclic) bond motifs is 1. The molecule has 3 aromatic rings. The summed E-state index contributed by atoms with van der Waals surface area (Å²) in [6, 6.07) is 7.45. The van der Waals surface area contributed by atoms with E-state index < -0.39 is 0 Å². The highest BCUT2D eigenvalue weighted by Crippen LogP contribution is 2.24. The molecule has 1 N–H and O–H groups in total. The first-order chi connectivity index (χ1) is 12.2. The molecule has 3 heterocycles. The fourth-order valence-corrected chi connectivity index (χ4v) is 3.43. The summed E-state index contributed by atoms with van der Waals surface area (Å²) in [6.07, 6.45) is 3.79. The molecule has 0 radical (unpaired) electrons. The van der Waals surface area contributed by atoms with Gasteiger partial charge in [-0.2, -0.15) is 4.98 Å². The number of methoxy groups -OCH3 is 1. The maximum absolute atomic E-state index is 12.6. The number of H-pyrrole nitrogens is 1. The van der Waals surface area contributed by atoms with E-state index in [0.717, 1.165) is 31.6 Å². The van der Waals surface area contributed by atoms with Gasteiger partial charge >= 0.3 is 0 Å². The van der Waals surface area contributed by atoms with Gasteiger partial charge in [0.1, 0.15) is 22.1 Å². The van der Waals surface area contributed by atoms with Crippen LogP contribution in [0.2, 0.25) is 0 Å². The number of aromatic amines is 1. The number of aromatic nitrogens is 4. The van der Waals surface area contributed by atoms with Crippen LogP contribution in [0.5, 0.6) is 5.75 Å². The van der Waals surface area contributed by atoms with Crippen molar-refractivity contribution in [2.24, 2.45) is 0 Å². The first kappa shape index (κ1) is 15.8. The molecule has 0 saturated carbocycles. The van der Waals surface area contributed by atoms with E-state index in [1.54, 1.807) is 18.0 Å². The second-order valence-corrected chi connectivity index (χ2v) is 6.26. The molecule has 1 aromatic carbocycles. The minimum absolute atomic E-state index is 0.270. The fraction of sp³-hybridized carbons (Fsp3) is 0.294. The topological polar surface area (TPSA) is 76.0 Å². The van der Waals surface area contributed by atoms with E-state index in [-0.39, 0.29) is 5.56 Å². The number of ether oxygens (including phenoxy) is 1. The van der Waals surface area contributed by atoms with Crippen LogP contribution in [-0.2, 0) is 0 Å². The molecule has 7 nitrogen and oxygen atoms in total. The molecule has 0 unspecified atom stereocenters. The van der Waals surface area contributed by atoms with Crippen LogP contribution < -0.4 is 15.2 Å². The molecule has 1 aliphatic rings. The van der Waals surface area contributed by atoms with Crippen molar-refractivity contribution in [2.75, 3.05) is 25.1 Å². The molecule has 2 aromatic heterocycles. The molecule has 25 heavy (non-hydrogen) atoms. The highest BCUT2D eigenvalue weighted by Gasteiger charge is 2.17. The Morgan fingerprint density at radius 2 is 2.00 bits per heavy atom. The lowest BCUT2D eigenvalue weighted by atomic mass is 10.3. The molecule has 0 amide bonds. The van der Waals surface area contributed by atoms with Crippen LogP contribution in [0.3, 0.4) is 0 Å². The summed E-state index contributed by atoms with van der Waals surface area (Å²) in [5.74, 6) is 1.21. The van der Waals surface area contributed by atoms with Crippen LogP contribution >= 0.6 is 12.2 Å². The Hall–Kier alpha value is -2.74. The van der Waals surface area contributed by atoms with E-state index >= 15 is 0 Å². The number of para-hydroxylation sites is 2. The highest BCUT2D eigenvalue weighted by atomic mass is 32.1. The first-order valence-electron chi connectivity index (χ1n) is 8.09. The molecule has 4 rings (SSSR count). The zero-order valence-electron chi connectivity index (χ0n) is 13.7. The van der Waals surface area contributed by atoms with Crippen molar-refractivity contribution < 1.29 is 4.74 Å². The molecule has 0 spiro atoms. The van der Waals surface area contributed by atoms with Crippen LogP contribution in [0.4, 0.5) is 5.95 Å². The molecular weight excluding hydrogens is 338 g/mol. The standard InChI is InChI=1S/C17H17N5O2S/c1-24-12-7-3-2-6-11(12)22-10-18-14-13(16(22)25)15(23)20-17(19-14)21-8-4-5-9-21/h2-3,6-7,10H,4-5,8-9H2,1H3,(H,19,20,23). The summed E-state index contributed by atoms with van der Waals surface area (Å²) in [7, 11) is 1.59. The van der Waals surface area contributed by atoms with E-state index in [9.17, 15) is 4.79 Å². The van der Waals surface area contributed by atoms with Crippen molar-refractivity contribution in [1.29, 1.82) is 0 Å². The summed E-state index contributed by atoms with van der Waals surface area (Å²) in [6.45, 7) is 1.78. The number of benzene rings is 1. The van der Waals surface area contributed by atoms with E-state index in [0.29, 0.717) is 27.4 Å². The number of hydrogen-bond donors (Lipinski definition) is 1. The molecule has 1 fully saturated rings. The number of rotatable bonds is 3. The van der Waals surface area contributed by atoms with Gasteiger partial charge in [0.15, 0.2) is 5.65 Å². The average molecular weight is 355 g/mol. The van der Waals surface area contributed by atoms with Crippen LogP contribution in [0, 0.1) is 4.64 Å². The summed E-state index contributed by atoms with van der Waals surface area (Å²) >= 11 is 5.54. The Morgan fingerprint density at radius 3 is 2.76 bits per heavy atom. The van der Waals surface area contributed by atoms with Gasteiger partial charge in [-0.05, 0) is 25.0 Å². The molecule has 128 valence electrons. The smallest absolute Gasteiger partial charge is 0.264 e. The second kappa shape index (κ2) is 6.29. The number of anilines is 1. The van der Waals surface area contributed by atoms with Crippen molar-refractivity contribution in [3.63, 3.8) is 0 Å². The lowest BCUT2D eigenvalue weighted by molar-refractivity contribution is 0.412. The van der Waals surface area contributed by atoms with Crippen LogP contribution in [-0.4, -0.2) is 39.7 Å². The first-order valence-corrected chi connectivity index (χ1v) is 8.50. The molecule has 8 heteroatoms. The zero-order valence-corrected chi connectivity index (χ0v) is 14.5. The summed E-state index contributed by atoms with van der Waals surface area (Å²) < 4.78 is 7.41. The Kier molecular flexibility index (Phi) is 3.96. The fourth-order valence-electron chi connectivity index (χ4n) is 3.10. The van der Waals surface area contributed by atoms with Crippen molar-refractivity contribution in [2.45, 2.75) is 12.8 Å². The molecule has 1 saturated heterocycles. The molecule has 0 bridgehead atoms. The van der Waals surface area contributed by atoms with Gasteiger partial charge in [0.25, 0.3) is 5.56 Å². The van der Waals surface area contributed by atoms with Gasteiger partial charge in [0.05, 0.1) is 12.8 Å². The highest BCUT2D eigenvalue weighted by molar-refractivity contribution is 7.71. The van der Waals surface area contributed by atoms with Crippen LogP contribution in [0.15, 0.2) is 35.4 Å². The predicted molar refractivity (Wildman–Crippen MR) is 98.3 cm³/mol. The van der Waals surface area contributed by atoms with Gasteiger partial charge in [-0.1, -0.05) is 24.4 Å². The minimum Gasteiger partial charge on any atom is -0.495 e. The monoisotopic (exact) mass is 355 g/mol. The zero-order chi connectivity index (χ0) is 17.4. The van der Waals surface area contributed by atoms with E-state index in [1.165, 1.54) is 0 Å². The third-order valence-electron chi connectivity index (χ3n) is 4.37. The average Bonchev–Trinajstić information content (AvgIpc) is 3.16. The van der Waals surface area contributed by atoms with E-state index in [2.05, 4.69) is 19.9 Å². The van der Waals surface area contributed by atoms with Gasteiger partial charge in [-0.15, -0.1) is 0 Å². The third-order valence-corrected chi connectivity index (χ3v) is 4.77.